The molecular weight excluding hydrogens is 188 g/mol. The molecule has 0 aliphatic heterocycles. The molecule has 1 heteroatoms. The summed E-state index contributed by atoms with van der Waals surface area (Å²) in [6.07, 6.45) is 8.66. The Morgan fingerprint density at radius 1 is 1.21 bits per heavy atom. The van der Waals surface area contributed by atoms with Crippen molar-refractivity contribution in [3.05, 3.63) is 11.6 Å². The molecule has 0 spiro atoms. The van der Waals surface area contributed by atoms with Crippen LogP contribution >= 0.6 is 12.6 Å². The maximum atomic E-state index is 4.60. The topological polar surface area (TPSA) is 0 Å². The fourth-order valence-electron chi connectivity index (χ4n) is 1.87. The zero-order valence-corrected chi connectivity index (χ0v) is 11.1. The third-order valence-electron chi connectivity index (χ3n) is 2.94. The van der Waals surface area contributed by atoms with Gasteiger partial charge in [-0.1, -0.05) is 45.3 Å². The highest BCUT2D eigenvalue weighted by Crippen LogP contribution is 2.21. The minimum atomic E-state index is 0.468. The predicted molar refractivity (Wildman–Crippen MR) is 70.1 cm³/mol. The number of hydrogen-bond donors (Lipinski definition) is 1. The highest BCUT2D eigenvalue weighted by Gasteiger charge is 2.07. The van der Waals surface area contributed by atoms with Crippen molar-refractivity contribution < 1.29 is 0 Å². The molecule has 0 radical (unpaired) electrons. The molecule has 0 aliphatic carbocycles. The lowest BCUT2D eigenvalue weighted by atomic mass is 9.94. The molecule has 0 N–H and O–H groups in total. The van der Waals surface area contributed by atoms with E-state index < -0.39 is 0 Å². The van der Waals surface area contributed by atoms with Crippen molar-refractivity contribution >= 4 is 12.6 Å². The van der Waals surface area contributed by atoms with Gasteiger partial charge in [0.1, 0.15) is 0 Å². The first kappa shape index (κ1) is 14.1. The van der Waals surface area contributed by atoms with Crippen LogP contribution in [-0.2, 0) is 0 Å². The molecule has 0 amide bonds. The second-order valence-electron chi connectivity index (χ2n) is 4.13. The molecule has 0 aliphatic rings. The van der Waals surface area contributed by atoms with Crippen molar-refractivity contribution in [3.63, 3.8) is 0 Å². The molecule has 0 saturated carbocycles. The monoisotopic (exact) mass is 214 g/mol. The average molecular weight is 214 g/mol. The zero-order valence-electron chi connectivity index (χ0n) is 10.2. The van der Waals surface area contributed by atoms with Gasteiger partial charge < -0.3 is 0 Å². The standard InChI is InChI=1S/C13H26S/c1-5-8-9-13(14)10-11(4)12(6-2)7-3/h10,12-14H,5-9H2,1-4H3/b11-10+. The Labute approximate surface area is 95.6 Å². The number of allylic oxidation sites excluding steroid dienone is 1. The summed E-state index contributed by atoms with van der Waals surface area (Å²) in [5.41, 5.74) is 1.53. The summed E-state index contributed by atoms with van der Waals surface area (Å²) in [4.78, 5) is 0. The Kier molecular flexibility index (Phi) is 8.46. The van der Waals surface area contributed by atoms with Gasteiger partial charge in [0.2, 0.25) is 0 Å². The van der Waals surface area contributed by atoms with Gasteiger partial charge >= 0.3 is 0 Å². The maximum absolute atomic E-state index is 4.60. The molecule has 0 nitrogen and oxygen atoms in total. The van der Waals surface area contributed by atoms with Gasteiger partial charge in [-0.05, 0) is 32.1 Å². The van der Waals surface area contributed by atoms with Crippen molar-refractivity contribution in [2.75, 3.05) is 0 Å². The van der Waals surface area contributed by atoms with E-state index in [0.29, 0.717) is 5.25 Å². The SMILES string of the molecule is CCCCC(S)/C=C(\C)C(CC)CC. The largest absolute Gasteiger partial charge is 0.172 e. The second-order valence-corrected chi connectivity index (χ2v) is 4.80. The molecule has 0 rings (SSSR count). The van der Waals surface area contributed by atoms with Gasteiger partial charge in [-0.2, -0.15) is 12.6 Å². The Morgan fingerprint density at radius 3 is 2.21 bits per heavy atom. The van der Waals surface area contributed by atoms with Crippen LogP contribution in [0.1, 0.15) is 59.8 Å². The lowest BCUT2D eigenvalue weighted by molar-refractivity contribution is 0.568. The van der Waals surface area contributed by atoms with E-state index in [1.54, 1.807) is 0 Å². The number of unbranched alkanes of at least 4 members (excludes halogenated alkanes) is 1. The Morgan fingerprint density at radius 2 is 1.79 bits per heavy atom. The van der Waals surface area contributed by atoms with Crippen molar-refractivity contribution in [2.24, 2.45) is 5.92 Å². The van der Waals surface area contributed by atoms with Gasteiger partial charge in [0, 0.05) is 5.25 Å². The van der Waals surface area contributed by atoms with Crippen LogP contribution in [0.5, 0.6) is 0 Å². The molecule has 0 bridgehead atoms. The molecule has 0 saturated heterocycles. The molecule has 0 fully saturated rings. The summed E-state index contributed by atoms with van der Waals surface area (Å²) in [5, 5.41) is 0.468. The summed E-state index contributed by atoms with van der Waals surface area (Å²) in [7, 11) is 0. The van der Waals surface area contributed by atoms with E-state index in [1.807, 2.05) is 0 Å². The van der Waals surface area contributed by atoms with Crippen LogP contribution < -0.4 is 0 Å². The van der Waals surface area contributed by atoms with Gasteiger partial charge in [0.25, 0.3) is 0 Å². The maximum Gasteiger partial charge on any atom is 0.0199 e. The van der Waals surface area contributed by atoms with Crippen LogP contribution in [0.25, 0.3) is 0 Å². The smallest absolute Gasteiger partial charge is 0.0199 e. The molecule has 0 aromatic heterocycles. The minimum absolute atomic E-state index is 0.468. The van der Waals surface area contributed by atoms with Crippen LogP contribution in [0.3, 0.4) is 0 Å². The first-order valence-electron chi connectivity index (χ1n) is 6.01. The predicted octanol–water partition coefficient (Wildman–Crippen LogP) is 4.86. The molecule has 1 unspecified atom stereocenters. The molecule has 14 heavy (non-hydrogen) atoms. The quantitative estimate of drug-likeness (QED) is 0.454. The number of hydrogen-bond acceptors (Lipinski definition) is 1. The average Bonchev–Trinajstić information content (AvgIpc) is 2.16. The number of rotatable bonds is 7. The van der Waals surface area contributed by atoms with E-state index >= 15 is 0 Å². The molecule has 0 aromatic carbocycles. The van der Waals surface area contributed by atoms with E-state index in [4.69, 9.17) is 0 Å². The highest BCUT2D eigenvalue weighted by molar-refractivity contribution is 7.81. The van der Waals surface area contributed by atoms with Gasteiger partial charge in [-0.15, -0.1) is 0 Å². The molecule has 0 aromatic rings. The van der Waals surface area contributed by atoms with Gasteiger partial charge in [0.05, 0.1) is 0 Å². The first-order chi connectivity index (χ1) is 6.65. The van der Waals surface area contributed by atoms with Crippen molar-refractivity contribution in [1.29, 1.82) is 0 Å². The van der Waals surface area contributed by atoms with Crippen LogP contribution in [0.15, 0.2) is 11.6 Å². The van der Waals surface area contributed by atoms with Crippen LogP contribution in [0.2, 0.25) is 0 Å². The summed E-state index contributed by atoms with van der Waals surface area (Å²) in [5.74, 6) is 0.770. The van der Waals surface area contributed by atoms with E-state index in [1.165, 1.54) is 37.7 Å². The minimum Gasteiger partial charge on any atom is -0.172 e. The molecule has 84 valence electrons. The second kappa shape index (κ2) is 8.40. The Hall–Kier alpha value is 0.0900. The van der Waals surface area contributed by atoms with E-state index in [0.717, 1.165) is 5.92 Å². The van der Waals surface area contributed by atoms with E-state index in [2.05, 4.69) is 46.4 Å². The molecule has 0 heterocycles. The van der Waals surface area contributed by atoms with Gasteiger partial charge in [-0.25, -0.2) is 0 Å². The van der Waals surface area contributed by atoms with Crippen LogP contribution in [0.4, 0.5) is 0 Å². The highest BCUT2D eigenvalue weighted by atomic mass is 32.1. The Balaban J connectivity index is 4.05. The zero-order chi connectivity index (χ0) is 11.0. The van der Waals surface area contributed by atoms with Crippen molar-refractivity contribution in [2.45, 2.75) is 65.0 Å². The van der Waals surface area contributed by atoms with Crippen LogP contribution in [0, 0.1) is 5.92 Å². The third-order valence-corrected chi connectivity index (χ3v) is 3.35. The summed E-state index contributed by atoms with van der Waals surface area (Å²) >= 11 is 4.60. The third kappa shape index (κ3) is 5.74. The number of thiol groups is 1. The van der Waals surface area contributed by atoms with Gasteiger partial charge in [-0.3, -0.25) is 0 Å². The van der Waals surface area contributed by atoms with E-state index in [9.17, 15) is 0 Å². The normalized spacial score (nSPS) is 14.9. The van der Waals surface area contributed by atoms with Gasteiger partial charge in [0.15, 0.2) is 0 Å². The lowest BCUT2D eigenvalue weighted by Gasteiger charge is -2.15. The summed E-state index contributed by atoms with van der Waals surface area (Å²) in [6.45, 7) is 9.03. The van der Waals surface area contributed by atoms with E-state index in [-0.39, 0.29) is 0 Å². The van der Waals surface area contributed by atoms with Crippen LogP contribution in [-0.4, -0.2) is 5.25 Å². The Bertz CT molecular complexity index is 157. The lowest BCUT2D eigenvalue weighted by Crippen LogP contribution is -2.02. The molecule has 1 atom stereocenters. The fraction of sp³-hybridized carbons (Fsp3) is 0.846. The summed E-state index contributed by atoms with van der Waals surface area (Å²) < 4.78 is 0. The first-order valence-corrected chi connectivity index (χ1v) is 6.53. The van der Waals surface area contributed by atoms with Crippen molar-refractivity contribution in [3.8, 4) is 0 Å². The molecular formula is C13H26S. The fourth-order valence-corrected chi connectivity index (χ4v) is 2.29. The van der Waals surface area contributed by atoms with Crippen molar-refractivity contribution in [1.82, 2.24) is 0 Å². The summed E-state index contributed by atoms with van der Waals surface area (Å²) in [6, 6.07) is 0.